The molecule has 3 nitrogen and oxygen atoms in total. The van der Waals surface area contributed by atoms with Crippen molar-refractivity contribution in [2.45, 2.75) is 12.5 Å². The third-order valence-corrected chi connectivity index (χ3v) is 1.84. The van der Waals surface area contributed by atoms with Crippen molar-refractivity contribution in [3.05, 3.63) is 29.0 Å². The molecule has 0 amide bonds. The Bertz CT molecular complexity index is 240. The van der Waals surface area contributed by atoms with Gasteiger partial charge in [0.1, 0.15) is 5.15 Å². The maximum absolute atomic E-state index is 8.63. The van der Waals surface area contributed by atoms with E-state index in [1.54, 1.807) is 12.3 Å². The lowest BCUT2D eigenvalue weighted by Crippen LogP contribution is -2.11. The number of aliphatic hydroxyl groups is 1. The molecule has 0 spiro atoms. The molecule has 0 aromatic carbocycles. The van der Waals surface area contributed by atoms with Crippen molar-refractivity contribution in [1.29, 1.82) is 0 Å². The van der Waals surface area contributed by atoms with Gasteiger partial charge in [0.2, 0.25) is 0 Å². The molecule has 1 atom stereocenters. The average Bonchev–Trinajstić information content (AvgIpc) is 2.06. The van der Waals surface area contributed by atoms with Crippen LogP contribution in [0.5, 0.6) is 0 Å². The van der Waals surface area contributed by atoms with Gasteiger partial charge in [-0.2, -0.15) is 0 Å². The van der Waals surface area contributed by atoms with Gasteiger partial charge in [0, 0.05) is 18.8 Å². The highest BCUT2D eigenvalue weighted by Gasteiger charge is 2.04. The van der Waals surface area contributed by atoms with Crippen LogP contribution in [0.15, 0.2) is 18.3 Å². The normalized spacial score (nSPS) is 11.9. The Kier molecular flexibility index (Phi) is 5.99. The molecule has 1 heterocycles. The lowest BCUT2D eigenvalue weighted by atomic mass is 10.1. The maximum atomic E-state index is 8.63. The Labute approximate surface area is 88.3 Å². The van der Waals surface area contributed by atoms with E-state index in [-0.39, 0.29) is 25.1 Å². The predicted octanol–water partition coefficient (Wildman–Crippen LogP) is 1.54. The number of halogens is 2. The molecule has 0 bridgehead atoms. The third-order valence-electron chi connectivity index (χ3n) is 1.62. The number of aliphatic hydroxyl groups excluding tert-OH is 1. The number of aromatic nitrogens is 1. The lowest BCUT2D eigenvalue weighted by Gasteiger charge is -2.08. The minimum absolute atomic E-state index is 0. The Morgan fingerprint density at radius 1 is 1.54 bits per heavy atom. The van der Waals surface area contributed by atoms with E-state index in [4.69, 9.17) is 22.4 Å². The first kappa shape index (κ1) is 12.7. The van der Waals surface area contributed by atoms with Crippen LogP contribution in [0.25, 0.3) is 0 Å². The van der Waals surface area contributed by atoms with Crippen molar-refractivity contribution in [2.75, 3.05) is 6.61 Å². The van der Waals surface area contributed by atoms with Crippen LogP contribution in [0.3, 0.4) is 0 Å². The molecule has 0 saturated carbocycles. The van der Waals surface area contributed by atoms with E-state index in [0.29, 0.717) is 11.6 Å². The van der Waals surface area contributed by atoms with Crippen LogP contribution in [-0.4, -0.2) is 16.7 Å². The molecule has 1 aromatic rings. The summed E-state index contributed by atoms with van der Waals surface area (Å²) in [6, 6.07) is 3.35. The Morgan fingerprint density at radius 2 is 2.23 bits per heavy atom. The molecule has 0 aliphatic carbocycles. The molecule has 0 aliphatic rings. The minimum Gasteiger partial charge on any atom is -0.396 e. The zero-order valence-corrected chi connectivity index (χ0v) is 8.55. The molecule has 0 aliphatic heterocycles. The van der Waals surface area contributed by atoms with E-state index in [9.17, 15) is 0 Å². The molecule has 5 heteroatoms. The van der Waals surface area contributed by atoms with Gasteiger partial charge in [-0.25, -0.2) is 4.98 Å². The highest BCUT2D eigenvalue weighted by molar-refractivity contribution is 6.29. The molecule has 0 radical (unpaired) electrons. The SMILES string of the molecule is Cl.N[C@@H](CCO)c1ccc(Cl)nc1. The third kappa shape index (κ3) is 3.91. The van der Waals surface area contributed by atoms with Gasteiger partial charge in [0.15, 0.2) is 0 Å². The van der Waals surface area contributed by atoms with Crippen LogP contribution in [0, 0.1) is 0 Å². The van der Waals surface area contributed by atoms with Crippen LogP contribution < -0.4 is 5.73 Å². The van der Waals surface area contributed by atoms with E-state index >= 15 is 0 Å². The fourth-order valence-electron chi connectivity index (χ4n) is 0.912. The second-order valence-electron chi connectivity index (χ2n) is 2.53. The summed E-state index contributed by atoms with van der Waals surface area (Å²) in [6.07, 6.45) is 2.17. The number of pyridine rings is 1. The number of nitrogens with two attached hydrogens (primary N) is 1. The highest BCUT2D eigenvalue weighted by atomic mass is 35.5. The van der Waals surface area contributed by atoms with Gasteiger partial charge in [-0.05, 0) is 18.1 Å². The van der Waals surface area contributed by atoms with E-state index < -0.39 is 0 Å². The fraction of sp³-hybridized carbons (Fsp3) is 0.375. The lowest BCUT2D eigenvalue weighted by molar-refractivity contribution is 0.276. The van der Waals surface area contributed by atoms with Crippen molar-refractivity contribution in [1.82, 2.24) is 4.98 Å². The molecule has 1 rings (SSSR count). The smallest absolute Gasteiger partial charge is 0.129 e. The quantitative estimate of drug-likeness (QED) is 0.764. The van der Waals surface area contributed by atoms with E-state index in [0.717, 1.165) is 5.56 Å². The van der Waals surface area contributed by atoms with Crippen molar-refractivity contribution in [3.63, 3.8) is 0 Å². The molecular formula is C8H12Cl2N2O. The molecule has 74 valence electrons. The largest absolute Gasteiger partial charge is 0.396 e. The van der Waals surface area contributed by atoms with Gasteiger partial charge in [-0.3, -0.25) is 0 Å². The Hall–Kier alpha value is -0.350. The molecule has 1 aromatic heterocycles. The summed E-state index contributed by atoms with van der Waals surface area (Å²) in [5.41, 5.74) is 6.61. The maximum Gasteiger partial charge on any atom is 0.129 e. The summed E-state index contributed by atoms with van der Waals surface area (Å²) in [4.78, 5) is 3.89. The van der Waals surface area contributed by atoms with E-state index in [1.807, 2.05) is 6.07 Å². The zero-order chi connectivity index (χ0) is 8.97. The predicted molar refractivity (Wildman–Crippen MR) is 55.1 cm³/mol. The first-order valence-corrected chi connectivity index (χ1v) is 4.09. The average molecular weight is 223 g/mol. The minimum atomic E-state index is -0.153. The molecule has 13 heavy (non-hydrogen) atoms. The number of hydrogen-bond donors (Lipinski definition) is 2. The summed E-state index contributed by atoms with van der Waals surface area (Å²) in [6.45, 7) is 0.0871. The van der Waals surface area contributed by atoms with Crippen LogP contribution in [0.1, 0.15) is 18.0 Å². The Balaban J connectivity index is 0.00000144. The summed E-state index contributed by atoms with van der Waals surface area (Å²) in [5.74, 6) is 0. The first-order valence-electron chi connectivity index (χ1n) is 3.72. The second-order valence-corrected chi connectivity index (χ2v) is 2.92. The van der Waals surface area contributed by atoms with Gasteiger partial charge in [-0.15, -0.1) is 12.4 Å². The van der Waals surface area contributed by atoms with Crippen molar-refractivity contribution < 1.29 is 5.11 Å². The molecule has 0 saturated heterocycles. The van der Waals surface area contributed by atoms with Crippen LogP contribution in [-0.2, 0) is 0 Å². The van der Waals surface area contributed by atoms with Crippen LogP contribution in [0.4, 0.5) is 0 Å². The number of nitrogens with zero attached hydrogens (tertiary/aromatic N) is 1. The van der Waals surface area contributed by atoms with Gasteiger partial charge in [0.25, 0.3) is 0 Å². The summed E-state index contributed by atoms with van der Waals surface area (Å²) < 4.78 is 0. The highest BCUT2D eigenvalue weighted by Crippen LogP contribution is 2.13. The number of hydrogen-bond acceptors (Lipinski definition) is 3. The Morgan fingerprint density at radius 3 is 2.69 bits per heavy atom. The van der Waals surface area contributed by atoms with Gasteiger partial charge >= 0.3 is 0 Å². The van der Waals surface area contributed by atoms with Crippen LogP contribution >= 0.6 is 24.0 Å². The van der Waals surface area contributed by atoms with Crippen molar-refractivity contribution in [3.8, 4) is 0 Å². The zero-order valence-electron chi connectivity index (χ0n) is 6.98. The van der Waals surface area contributed by atoms with E-state index in [2.05, 4.69) is 4.98 Å². The van der Waals surface area contributed by atoms with E-state index in [1.165, 1.54) is 0 Å². The molecule has 0 unspecified atom stereocenters. The number of rotatable bonds is 3. The monoisotopic (exact) mass is 222 g/mol. The molecule has 3 N–H and O–H groups in total. The molecular weight excluding hydrogens is 211 g/mol. The van der Waals surface area contributed by atoms with Crippen molar-refractivity contribution >= 4 is 24.0 Å². The topological polar surface area (TPSA) is 59.1 Å². The van der Waals surface area contributed by atoms with Gasteiger partial charge in [-0.1, -0.05) is 17.7 Å². The van der Waals surface area contributed by atoms with Gasteiger partial charge < -0.3 is 10.8 Å². The summed E-state index contributed by atoms with van der Waals surface area (Å²) >= 11 is 5.59. The molecule has 0 fully saturated rings. The van der Waals surface area contributed by atoms with Crippen LogP contribution in [0.2, 0.25) is 5.15 Å². The standard InChI is InChI=1S/C8H11ClN2O.ClH/c9-8-2-1-6(5-11-8)7(10)3-4-12;/h1-2,5,7,12H,3-4,10H2;1H/t7-;/m0./s1. The van der Waals surface area contributed by atoms with Gasteiger partial charge in [0.05, 0.1) is 0 Å². The first-order chi connectivity index (χ1) is 5.74. The van der Waals surface area contributed by atoms with Crippen molar-refractivity contribution in [2.24, 2.45) is 5.73 Å². The second kappa shape index (κ2) is 6.16. The fourth-order valence-corrected chi connectivity index (χ4v) is 1.02. The summed E-state index contributed by atoms with van der Waals surface area (Å²) in [7, 11) is 0. The summed E-state index contributed by atoms with van der Waals surface area (Å²) in [5, 5.41) is 9.08.